The van der Waals surface area contributed by atoms with Crippen LogP contribution in [0, 0.1) is 6.92 Å². The molecule has 0 bridgehead atoms. The minimum atomic E-state index is -4.42. The number of hydrogen-bond acceptors (Lipinski definition) is 5. The molecule has 6 nitrogen and oxygen atoms in total. The number of benzene rings is 1. The number of alkyl halides is 3. The summed E-state index contributed by atoms with van der Waals surface area (Å²) in [6.45, 7) is 1.73. The van der Waals surface area contributed by atoms with E-state index in [-0.39, 0.29) is 5.89 Å². The first-order valence-electron chi connectivity index (χ1n) is 8.14. The number of nitrogens with two attached hydrogens (primary N) is 1. The molecule has 2 aromatic heterocycles. The summed E-state index contributed by atoms with van der Waals surface area (Å²) in [5, 5.41) is 8.14. The predicted octanol–water partition coefficient (Wildman–Crippen LogP) is 3.59. The summed E-state index contributed by atoms with van der Waals surface area (Å²) >= 11 is 0. The number of rotatable bonds is 3. The van der Waals surface area contributed by atoms with Crippen molar-refractivity contribution < 1.29 is 17.7 Å². The molecule has 2 heterocycles. The van der Waals surface area contributed by atoms with Gasteiger partial charge in [-0.3, -0.25) is 0 Å². The van der Waals surface area contributed by atoms with Gasteiger partial charge in [0.15, 0.2) is 5.82 Å². The van der Waals surface area contributed by atoms with E-state index in [1.807, 2.05) is 0 Å². The maximum absolute atomic E-state index is 12.9. The van der Waals surface area contributed by atoms with E-state index in [1.54, 1.807) is 13.0 Å². The molecule has 26 heavy (non-hydrogen) atoms. The lowest BCUT2D eigenvalue weighted by Crippen LogP contribution is -2.44. The molecule has 0 radical (unpaired) electrons. The summed E-state index contributed by atoms with van der Waals surface area (Å²) in [5.74, 6) is 0.706. The Bertz CT molecular complexity index is 955. The van der Waals surface area contributed by atoms with Crippen molar-refractivity contribution in [3.63, 3.8) is 0 Å². The van der Waals surface area contributed by atoms with Crippen LogP contribution in [0.4, 0.5) is 13.2 Å². The monoisotopic (exact) mass is 363 g/mol. The minimum Gasteiger partial charge on any atom is -0.334 e. The average Bonchev–Trinajstić information content (AvgIpc) is 3.19. The summed E-state index contributed by atoms with van der Waals surface area (Å²) in [7, 11) is 0. The van der Waals surface area contributed by atoms with Crippen LogP contribution in [-0.2, 0) is 11.7 Å². The molecule has 0 aliphatic heterocycles. The fourth-order valence-corrected chi connectivity index (χ4v) is 3.01. The quantitative estimate of drug-likeness (QED) is 0.769. The lowest BCUT2D eigenvalue weighted by atomic mass is 9.77. The highest BCUT2D eigenvalue weighted by molar-refractivity contribution is 5.57. The van der Waals surface area contributed by atoms with Crippen LogP contribution in [0.5, 0.6) is 0 Å². The van der Waals surface area contributed by atoms with Gasteiger partial charge in [0.25, 0.3) is 5.89 Å². The zero-order valence-corrected chi connectivity index (χ0v) is 13.9. The van der Waals surface area contributed by atoms with E-state index >= 15 is 0 Å². The molecular formula is C17H16F3N5O. The Balaban J connectivity index is 1.69. The summed E-state index contributed by atoms with van der Waals surface area (Å²) in [5.41, 5.74) is 6.37. The van der Waals surface area contributed by atoms with E-state index in [0.29, 0.717) is 22.8 Å². The van der Waals surface area contributed by atoms with Gasteiger partial charge in [-0.2, -0.15) is 23.3 Å². The predicted molar refractivity (Wildman–Crippen MR) is 86.3 cm³/mol. The maximum Gasteiger partial charge on any atom is 0.416 e. The standard InChI is InChI=1S/C17H16F3N5O/c1-10-13(14-23-15(24-26-14)16(21)6-3-7-16)9-22-25(10)12-5-2-4-11(8-12)17(18,19)20/h2,4-5,8-9H,3,6-7,21H2,1H3. The van der Waals surface area contributed by atoms with E-state index in [0.717, 1.165) is 31.4 Å². The third kappa shape index (κ3) is 2.68. The lowest BCUT2D eigenvalue weighted by Gasteiger charge is -2.34. The van der Waals surface area contributed by atoms with Crippen molar-refractivity contribution in [1.82, 2.24) is 19.9 Å². The highest BCUT2D eigenvalue weighted by atomic mass is 19.4. The normalized spacial score (nSPS) is 16.5. The molecule has 0 saturated heterocycles. The first-order valence-corrected chi connectivity index (χ1v) is 8.14. The van der Waals surface area contributed by atoms with E-state index in [4.69, 9.17) is 10.3 Å². The molecule has 4 rings (SSSR count). The first-order chi connectivity index (χ1) is 12.3. The van der Waals surface area contributed by atoms with Crippen LogP contribution < -0.4 is 5.73 Å². The second-order valence-corrected chi connectivity index (χ2v) is 6.54. The van der Waals surface area contributed by atoms with Crippen LogP contribution in [-0.4, -0.2) is 19.9 Å². The molecule has 1 saturated carbocycles. The van der Waals surface area contributed by atoms with E-state index in [9.17, 15) is 13.2 Å². The van der Waals surface area contributed by atoms with Crippen molar-refractivity contribution in [3.05, 3.63) is 47.5 Å². The van der Waals surface area contributed by atoms with Gasteiger partial charge in [0, 0.05) is 0 Å². The van der Waals surface area contributed by atoms with Gasteiger partial charge >= 0.3 is 6.18 Å². The molecule has 0 spiro atoms. The van der Waals surface area contributed by atoms with Crippen LogP contribution in [0.2, 0.25) is 0 Å². The van der Waals surface area contributed by atoms with Gasteiger partial charge in [-0.05, 0) is 44.4 Å². The zero-order valence-electron chi connectivity index (χ0n) is 13.9. The van der Waals surface area contributed by atoms with Crippen LogP contribution in [0.3, 0.4) is 0 Å². The molecule has 0 atom stereocenters. The van der Waals surface area contributed by atoms with Gasteiger partial charge in [0.1, 0.15) is 0 Å². The van der Waals surface area contributed by atoms with Crippen molar-refractivity contribution in [3.8, 4) is 17.1 Å². The Morgan fingerprint density at radius 1 is 1.27 bits per heavy atom. The number of hydrogen-bond donors (Lipinski definition) is 1. The third-order valence-electron chi connectivity index (χ3n) is 4.78. The molecule has 1 aliphatic carbocycles. The molecule has 0 amide bonds. The van der Waals surface area contributed by atoms with Crippen LogP contribution in [0.1, 0.15) is 36.3 Å². The number of nitrogens with zero attached hydrogens (tertiary/aromatic N) is 4. The van der Waals surface area contributed by atoms with Crippen molar-refractivity contribution in [2.75, 3.05) is 0 Å². The van der Waals surface area contributed by atoms with Crippen molar-refractivity contribution in [2.24, 2.45) is 5.73 Å². The summed E-state index contributed by atoms with van der Waals surface area (Å²) in [6, 6.07) is 4.97. The molecule has 3 aromatic rings. The molecule has 1 fully saturated rings. The van der Waals surface area contributed by atoms with E-state index < -0.39 is 17.3 Å². The molecule has 136 valence electrons. The molecule has 9 heteroatoms. The fourth-order valence-electron chi connectivity index (χ4n) is 3.01. The minimum absolute atomic E-state index is 0.257. The van der Waals surface area contributed by atoms with Crippen molar-refractivity contribution in [2.45, 2.75) is 37.9 Å². The fraction of sp³-hybridized carbons (Fsp3) is 0.353. The van der Waals surface area contributed by atoms with Gasteiger partial charge < -0.3 is 10.3 Å². The Morgan fingerprint density at radius 3 is 2.69 bits per heavy atom. The smallest absolute Gasteiger partial charge is 0.334 e. The Labute approximate surface area is 146 Å². The highest BCUT2D eigenvalue weighted by Gasteiger charge is 2.39. The van der Waals surface area contributed by atoms with Gasteiger partial charge in [-0.1, -0.05) is 11.2 Å². The topological polar surface area (TPSA) is 82.8 Å². The highest BCUT2D eigenvalue weighted by Crippen LogP contribution is 2.38. The Morgan fingerprint density at radius 2 is 2.04 bits per heavy atom. The Hall–Kier alpha value is -2.68. The van der Waals surface area contributed by atoms with Gasteiger partial charge in [0.2, 0.25) is 0 Å². The SMILES string of the molecule is Cc1c(-c2nc(C3(N)CCC3)no2)cnn1-c1cccc(C(F)(F)F)c1. The summed E-state index contributed by atoms with van der Waals surface area (Å²) in [4.78, 5) is 4.36. The molecule has 1 aliphatic rings. The lowest BCUT2D eigenvalue weighted by molar-refractivity contribution is -0.137. The van der Waals surface area contributed by atoms with E-state index in [1.165, 1.54) is 16.9 Å². The molecular weight excluding hydrogens is 347 g/mol. The van der Waals surface area contributed by atoms with Crippen molar-refractivity contribution >= 4 is 0 Å². The average molecular weight is 363 g/mol. The molecule has 0 unspecified atom stereocenters. The first kappa shape index (κ1) is 16.8. The second-order valence-electron chi connectivity index (χ2n) is 6.54. The summed E-state index contributed by atoms with van der Waals surface area (Å²) < 4.78 is 45.5. The maximum atomic E-state index is 12.9. The van der Waals surface area contributed by atoms with Gasteiger partial charge in [0.05, 0.1) is 34.2 Å². The Kier molecular flexibility index (Phi) is 3.65. The second kappa shape index (κ2) is 5.66. The zero-order chi connectivity index (χ0) is 18.5. The molecule has 2 N–H and O–H groups in total. The van der Waals surface area contributed by atoms with E-state index in [2.05, 4.69) is 15.2 Å². The van der Waals surface area contributed by atoms with Crippen LogP contribution in [0.15, 0.2) is 35.0 Å². The van der Waals surface area contributed by atoms with Crippen LogP contribution >= 0.6 is 0 Å². The van der Waals surface area contributed by atoms with Gasteiger partial charge in [-0.25, -0.2) is 4.68 Å². The molecule has 1 aromatic carbocycles. The van der Waals surface area contributed by atoms with Gasteiger partial charge in [-0.15, -0.1) is 0 Å². The van der Waals surface area contributed by atoms with Crippen LogP contribution in [0.25, 0.3) is 17.1 Å². The largest absolute Gasteiger partial charge is 0.416 e. The number of aromatic nitrogens is 4. The third-order valence-corrected chi connectivity index (χ3v) is 4.78. The number of halogens is 3. The summed E-state index contributed by atoms with van der Waals surface area (Å²) in [6.07, 6.45) is -0.299. The van der Waals surface area contributed by atoms with Crippen molar-refractivity contribution in [1.29, 1.82) is 0 Å².